The fourth-order valence-corrected chi connectivity index (χ4v) is 2.21. The first-order valence-corrected chi connectivity index (χ1v) is 6.18. The number of rotatable bonds is 2. The molecule has 0 aliphatic rings. The first kappa shape index (κ1) is 11.6. The van der Waals surface area contributed by atoms with E-state index in [-0.39, 0.29) is 0 Å². The van der Waals surface area contributed by atoms with Crippen LogP contribution in [0.25, 0.3) is 22.0 Å². The second-order valence-corrected chi connectivity index (χ2v) is 4.66. The van der Waals surface area contributed by atoms with Gasteiger partial charge >= 0.3 is 0 Å². The van der Waals surface area contributed by atoms with E-state index in [1.807, 2.05) is 24.4 Å². The van der Waals surface area contributed by atoms with Crippen molar-refractivity contribution in [1.29, 1.82) is 0 Å². The van der Waals surface area contributed by atoms with Gasteiger partial charge in [0.1, 0.15) is 6.29 Å². The average Bonchev–Trinajstić information content (AvgIpc) is 2.46. The largest absolute Gasteiger partial charge is 0.298 e. The van der Waals surface area contributed by atoms with E-state index in [1.165, 1.54) is 5.56 Å². The maximum absolute atomic E-state index is 10.8. The first-order valence-electron chi connectivity index (χ1n) is 6.18. The fourth-order valence-electron chi connectivity index (χ4n) is 2.21. The number of carbonyl (C=O) groups excluding carboxylic acids is 1. The highest BCUT2D eigenvalue weighted by molar-refractivity contribution is 5.89. The summed E-state index contributed by atoms with van der Waals surface area (Å²) in [5.41, 5.74) is 5.02. The molecule has 1 aromatic heterocycles. The molecule has 0 atom stereocenters. The molecule has 0 fully saturated rings. The number of nitrogens with zero attached hydrogens (tertiary/aromatic N) is 1. The summed E-state index contributed by atoms with van der Waals surface area (Å²) in [5, 5.41) is 0.989. The van der Waals surface area contributed by atoms with E-state index in [0.717, 1.165) is 28.3 Å². The smallest absolute Gasteiger partial charge is 0.150 e. The third-order valence-corrected chi connectivity index (χ3v) is 3.19. The molecule has 2 heteroatoms. The van der Waals surface area contributed by atoms with Crippen molar-refractivity contribution in [1.82, 2.24) is 4.98 Å². The molecule has 0 unspecified atom stereocenters. The number of aryl methyl sites for hydroxylation is 1. The highest BCUT2D eigenvalue weighted by atomic mass is 16.1. The third-order valence-electron chi connectivity index (χ3n) is 3.19. The minimum absolute atomic E-state index is 0.677. The van der Waals surface area contributed by atoms with Crippen LogP contribution in [0, 0.1) is 6.92 Å². The van der Waals surface area contributed by atoms with Gasteiger partial charge in [-0.2, -0.15) is 0 Å². The number of carbonyl (C=O) groups is 1. The summed E-state index contributed by atoms with van der Waals surface area (Å²) >= 11 is 0. The fraction of sp³-hybridized carbons (Fsp3) is 0.0588. The molecule has 1 heterocycles. The number of fused-ring (bicyclic) bond motifs is 1. The standard InChI is InChI=1S/C17H13NO/c1-12-3-2-4-14(7-12)16-9-15-8-13(11-19)5-6-17(15)18-10-16/h2-11H,1H3. The van der Waals surface area contributed by atoms with Crippen LogP contribution in [-0.2, 0) is 0 Å². The van der Waals surface area contributed by atoms with Crippen LogP contribution in [0.5, 0.6) is 0 Å². The van der Waals surface area contributed by atoms with Crippen LogP contribution < -0.4 is 0 Å². The molecule has 3 rings (SSSR count). The van der Waals surface area contributed by atoms with Gasteiger partial charge in [0, 0.05) is 22.7 Å². The molecule has 0 bridgehead atoms. The molecule has 2 aromatic carbocycles. The second-order valence-electron chi connectivity index (χ2n) is 4.66. The van der Waals surface area contributed by atoms with Crippen LogP contribution in [0.15, 0.2) is 54.7 Å². The molecule has 0 saturated carbocycles. The Morgan fingerprint density at radius 1 is 1.00 bits per heavy atom. The Balaban J connectivity index is 2.17. The van der Waals surface area contributed by atoms with Gasteiger partial charge in [-0.3, -0.25) is 9.78 Å². The highest BCUT2D eigenvalue weighted by Gasteiger charge is 2.02. The summed E-state index contributed by atoms with van der Waals surface area (Å²) < 4.78 is 0. The number of pyridine rings is 1. The number of aldehydes is 1. The zero-order valence-corrected chi connectivity index (χ0v) is 10.6. The SMILES string of the molecule is Cc1cccc(-c2cnc3ccc(C=O)cc3c2)c1. The summed E-state index contributed by atoms with van der Waals surface area (Å²) in [5.74, 6) is 0. The van der Waals surface area contributed by atoms with Gasteiger partial charge in [-0.15, -0.1) is 0 Å². The van der Waals surface area contributed by atoms with E-state index in [1.54, 1.807) is 6.07 Å². The Hall–Kier alpha value is -2.48. The number of hydrogen-bond donors (Lipinski definition) is 0. The summed E-state index contributed by atoms with van der Waals surface area (Å²) in [6.07, 6.45) is 2.73. The first-order chi connectivity index (χ1) is 9.26. The normalized spacial score (nSPS) is 10.6. The van der Waals surface area contributed by atoms with Crippen molar-refractivity contribution in [2.24, 2.45) is 0 Å². The van der Waals surface area contributed by atoms with Crippen LogP contribution >= 0.6 is 0 Å². The molecule has 0 saturated heterocycles. The summed E-state index contributed by atoms with van der Waals surface area (Å²) in [7, 11) is 0. The van der Waals surface area contributed by atoms with Crippen molar-refractivity contribution in [2.75, 3.05) is 0 Å². The average molecular weight is 247 g/mol. The predicted octanol–water partition coefficient (Wildman–Crippen LogP) is 4.02. The van der Waals surface area contributed by atoms with E-state index in [0.29, 0.717) is 5.56 Å². The predicted molar refractivity (Wildman–Crippen MR) is 77.3 cm³/mol. The summed E-state index contributed by atoms with van der Waals surface area (Å²) in [4.78, 5) is 15.3. The zero-order chi connectivity index (χ0) is 13.2. The Labute approximate surface area is 111 Å². The zero-order valence-electron chi connectivity index (χ0n) is 10.6. The van der Waals surface area contributed by atoms with Crippen LogP contribution in [-0.4, -0.2) is 11.3 Å². The van der Waals surface area contributed by atoms with Gasteiger partial charge in [0.2, 0.25) is 0 Å². The van der Waals surface area contributed by atoms with E-state index in [9.17, 15) is 4.79 Å². The lowest BCUT2D eigenvalue weighted by Crippen LogP contribution is -1.86. The van der Waals surface area contributed by atoms with Crippen LogP contribution in [0.1, 0.15) is 15.9 Å². The molecule has 19 heavy (non-hydrogen) atoms. The maximum atomic E-state index is 10.8. The van der Waals surface area contributed by atoms with Crippen molar-refractivity contribution < 1.29 is 4.79 Å². The molecule has 0 aliphatic heterocycles. The van der Waals surface area contributed by atoms with Gasteiger partial charge in [-0.05, 0) is 36.8 Å². The van der Waals surface area contributed by atoms with Crippen LogP contribution in [0.2, 0.25) is 0 Å². The summed E-state index contributed by atoms with van der Waals surface area (Å²) in [6, 6.07) is 15.9. The number of hydrogen-bond acceptors (Lipinski definition) is 2. The Morgan fingerprint density at radius 3 is 2.68 bits per heavy atom. The highest BCUT2D eigenvalue weighted by Crippen LogP contribution is 2.23. The Bertz CT molecular complexity index is 762. The molecule has 3 aromatic rings. The lowest BCUT2D eigenvalue weighted by molar-refractivity contribution is 0.112. The molecular formula is C17H13NO. The molecule has 0 N–H and O–H groups in total. The molecule has 2 nitrogen and oxygen atoms in total. The molecule has 0 aliphatic carbocycles. The minimum Gasteiger partial charge on any atom is -0.298 e. The van der Waals surface area contributed by atoms with E-state index in [4.69, 9.17) is 0 Å². The number of benzene rings is 2. The summed E-state index contributed by atoms with van der Waals surface area (Å²) in [6.45, 7) is 2.07. The van der Waals surface area contributed by atoms with E-state index < -0.39 is 0 Å². The van der Waals surface area contributed by atoms with Crippen molar-refractivity contribution in [3.8, 4) is 11.1 Å². The second kappa shape index (κ2) is 4.65. The van der Waals surface area contributed by atoms with Gasteiger partial charge in [-0.1, -0.05) is 29.8 Å². The van der Waals surface area contributed by atoms with Crippen LogP contribution in [0.4, 0.5) is 0 Å². The topological polar surface area (TPSA) is 30.0 Å². The molecule has 0 amide bonds. The Kier molecular flexibility index (Phi) is 2.84. The van der Waals surface area contributed by atoms with Gasteiger partial charge in [-0.25, -0.2) is 0 Å². The van der Waals surface area contributed by atoms with Crippen molar-refractivity contribution in [3.05, 3.63) is 65.9 Å². The van der Waals surface area contributed by atoms with E-state index >= 15 is 0 Å². The van der Waals surface area contributed by atoms with Gasteiger partial charge in [0.25, 0.3) is 0 Å². The quantitative estimate of drug-likeness (QED) is 0.640. The lowest BCUT2D eigenvalue weighted by atomic mass is 10.0. The van der Waals surface area contributed by atoms with Crippen molar-refractivity contribution in [2.45, 2.75) is 6.92 Å². The Morgan fingerprint density at radius 2 is 1.89 bits per heavy atom. The molecule has 0 radical (unpaired) electrons. The molecular weight excluding hydrogens is 234 g/mol. The van der Waals surface area contributed by atoms with Gasteiger partial charge < -0.3 is 0 Å². The monoisotopic (exact) mass is 247 g/mol. The minimum atomic E-state index is 0.677. The van der Waals surface area contributed by atoms with Gasteiger partial charge in [0.15, 0.2) is 0 Å². The lowest BCUT2D eigenvalue weighted by Gasteiger charge is -2.05. The maximum Gasteiger partial charge on any atom is 0.150 e. The van der Waals surface area contributed by atoms with Crippen LogP contribution in [0.3, 0.4) is 0 Å². The van der Waals surface area contributed by atoms with Crippen molar-refractivity contribution >= 4 is 17.2 Å². The third kappa shape index (κ3) is 2.25. The van der Waals surface area contributed by atoms with E-state index in [2.05, 4.69) is 36.2 Å². The van der Waals surface area contributed by atoms with Gasteiger partial charge in [0.05, 0.1) is 5.52 Å². The number of aromatic nitrogens is 1. The molecule has 0 spiro atoms. The van der Waals surface area contributed by atoms with Crippen molar-refractivity contribution in [3.63, 3.8) is 0 Å². The molecule has 92 valence electrons.